The van der Waals surface area contributed by atoms with Crippen LogP contribution in [0.15, 0.2) is 24.3 Å². The van der Waals surface area contributed by atoms with E-state index >= 15 is 0 Å². The van der Waals surface area contributed by atoms with Gasteiger partial charge >= 0.3 is 0 Å². The molecule has 0 spiro atoms. The van der Waals surface area contributed by atoms with E-state index < -0.39 is 0 Å². The van der Waals surface area contributed by atoms with Gasteiger partial charge in [0.25, 0.3) is 5.91 Å². The van der Waals surface area contributed by atoms with Crippen LogP contribution >= 0.6 is 0 Å². The molecule has 2 aliphatic heterocycles. The van der Waals surface area contributed by atoms with E-state index in [2.05, 4.69) is 5.32 Å². The molecule has 1 saturated carbocycles. The molecule has 6 nitrogen and oxygen atoms in total. The van der Waals surface area contributed by atoms with Gasteiger partial charge in [-0.2, -0.15) is 0 Å². The molecule has 2 heterocycles. The maximum atomic E-state index is 12.6. The van der Waals surface area contributed by atoms with Crippen molar-refractivity contribution in [2.75, 3.05) is 18.1 Å². The monoisotopic (exact) mass is 356 g/mol. The minimum atomic E-state index is -0.167. The number of carbonyl (C=O) groups excluding carboxylic acids is 3. The Morgan fingerprint density at radius 1 is 1.00 bits per heavy atom. The second-order valence-corrected chi connectivity index (χ2v) is 7.40. The first-order chi connectivity index (χ1) is 12.6. The molecule has 3 atom stereocenters. The SMILES string of the molecule is O=C(NC[C@@H]1CCCO1)c1ccc(N2C(=O)[C@@H]3CCCC[C@H]3C2=O)cc1. The number of carbonyl (C=O) groups is 3. The molecule has 1 aromatic carbocycles. The molecule has 1 N–H and O–H groups in total. The van der Waals surface area contributed by atoms with Gasteiger partial charge in [0.1, 0.15) is 0 Å². The van der Waals surface area contributed by atoms with E-state index in [-0.39, 0.29) is 35.7 Å². The molecule has 3 amide bonds. The Kier molecular flexibility index (Phi) is 4.76. The third-order valence-corrected chi connectivity index (χ3v) is 5.74. The minimum Gasteiger partial charge on any atom is -0.376 e. The third-order valence-electron chi connectivity index (χ3n) is 5.74. The summed E-state index contributed by atoms with van der Waals surface area (Å²) in [5.41, 5.74) is 1.08. The Bertz CT molecular complexity index is 685. The zero-order valence-electron chi connectivity index (χ0n) is 14.8. The van der Waals surface area contributed by atoms with Crippen molar-refractivity contribution in [3.63, 3.8) is 0 Å². The largest absolute Gasteiger partial charge is 0.376 e. The van der Waals surface area contributed by atoms with E-state index in [1.807, 2.05) is 0 Å². The number of rotatable bonds is 4. The van der Waals surface area contributed by atoms with Gasteiger partial charge in [0.15, 0.2) is 0 Å². The first kappa shape index (κ1) is 17.2. The number of amides is 3. The summed E-state index contributed by atoms with van der Waals surface area (Å²) in [6.45, 7) is 1.27. The Balaban J connectivity index is 1.43. The lowest BCUT2D eigenvalue weighted by molar-refractivity contribution is -0.122. The van der Waals surface area contributed by atoms with Gasteiger partial charge in [-0.3, -0.25) is 19.3 Å². The van der Waals surface area contributed by atoms with E-state index in [9.17, 15) is 14.4 Å². The van der Waals surface area contributed by atoms with Crippen molar-refractivity contribution in [3.8, 4) is 0 Å². The van der Waals surface area contributed by atoms with Gasteiger partial charge in [-0.25, -0.2) is 0 Å². The molecule has 1 aliphatic carbocycles. The molecule has 3 fully saturated rings. The summed E-state index contributed by atoms with van der Waals surface area (Å²) in [6, 6.07) is 6.72. The number of fused-ring (bicyclic) bond motifs is 1. The van der Waals surface area contributed by atoms with Crippen molar-refractivity contribution in [3.05, 3.63) is 29.8 Å². The molecule has 1 aromatic rings. The second-order valence-electron chi connectivity index (χ2n) is 7.40. The van der Waals surface area contributed by atoms with Crippen molar-refractivity contribution < 1.29 is 19.1 Å². The van der Waals surface area contributed by atoms with Crippen LogP contribution in [0, 0.1) is 11.8 Å². The molecular weight excluding hydrogens is 332 g/mol. The van der Waals surface area contributed by atoms with Gasteiger partial charge in [-0.15, -0.1) is 0 Å². The average molecular weight is 356 g/mol. The molecule has 4 rings (SSSR count). The van der Waals surface area contributed by atoms with Crippen molar-refractivity contribution in [1.29, 1.82) is 0 Å². The second kappa shape index (κ2) is 7.19. The van der Waals surface area contributed by atoms with Crippen molar-refractivity contribution in [2.24, 2.45) is 11.8 Å². The summed E-state index contributed by atoms with van der Waals surface area (Å²) in [5, 5.41) is 2.88. The highest BCUT2D eigenvalue weighted by Gasteiger charge is 2.48. The quantitative estimate of drug-likeness (QED) is 0.840. The van der Waals surface area contributed by atoms with Crippen LogP contribution in [-0.4, -0.2) is 37.0 Å². The molecular formula is C20H24N2O4. The first-order valence-electron chi connectivity index (χ1n) is 9.53. The minimum absolute atomic E-state index is 0.0877. The van der Waals surface area contributed by atoms with Crippen LogP contribution in [0.2, 0.25) is 0 Å². The van der Waals surface area contributed by atoms with Crippen LogP contribution < -0.4 is 10.2 Å². The number of imide groups is 1. The lowest BCUT2D eigenvalue weighted by Crippen LogP contribution is -2.32. The van der Waals surface area contributed by atoms with Gasteiger partial charge in [-0.1, -0.05) is 12.8 Å². The zero-order valence-corrected chi connectivity index (χ0v) is 14.8. The average Bonchev–Trinajstić information content (AvgIpc) is 3.28. The Hall–Kier alpha value is -2.21. The van der Waals surface area contributed by atoms with Crippen LogP contribution in [0.25, 0.3) is 0 Å². The summed E-state index contributed by atoms with van der Waals surface area (Å²) in [6.07, 6.45) is 5.73. The summed E-state index contributed by atoms with van der Waals surface area (Å²) in [4.78, 5) is 38.8. The molecule has 0 radical (unpaired) electrons. The lowest BCUT2D eigenvalue weighted by Gasteiger charge is -2.19. The van der Waals surface area contributed by atoms with Crippen molar-refractivity contribution in [1.82, 2.24) is 5.32 Å². The zero-order chi connectivity index (χ0) is 18.1. The van der Waals surface area contributed by atoms with Crippen LogP contribution in [-0.2, 0) is 14.3 Å². The molecule has 138 valence electrons. The topological polar surface area (TPSA) is 75.7 Å². The first-order valence-corrected chi connectivity index (χ1v) is 9.53. The number of ether oxygens (including phenoxy) is 1. The number of nitrogens with zero attached hydrogens (tertiary/aromatic N) is 1. The van der Waals surface area contributed by atoms with Crippen molar-refractivity contribution >= 4 is 23.4 Å². The maximum Gasteiger partial charge on any atom is 0.251 e. The summed E-state index contributed by atoms with van der Waals surface area (Å²) >= 11 is 0. The molecule has 3 aliphatic rings. The van der Waals surface area contributed by atoms with Gasteiger partial charge in [0.05, 0.1) is 23.6 Å². The summed E-state index contributed by atoms with van der Waals surface area (Å²) < 4.78 is 5.50. The fraction of sp³-hybridized carbons (Fsp3) is 0.550. The van der Waals surface area contributed by atoms with E-state index in [0.717, 1.165) is 45.1 Å². The van der Waals surface area contributed by atoms with Gasteiger partial charge in [0.2, 0.25) is 11.8 Å². The number of hydrogen-bond acceptors (Lipinski definition) is 4. The number of anilines is 1. The molecule has 6 heteroatoms. The Labute approximate surface area is 152 Å². The highest BCUT2D eigenvalue weighted by Crippen LogP contribution is 2.40. The standard InChI is InChI=1S/C20H24N2O4/c23-18(21-12-15-4-3-11-26-15)13-7-9-14(10-8-13)22-19(24)16-5-1-2-6-17(16)20(22)25/h7-10,15-17H,1-6,11-12H2,(H,21,23)/t15-,16+,17+/m0/s1. The van der Waals surface area contributed by atoms with Crippen LogP contribution in [0.4, 0.5) is 5.69 Å². The smallest absolute Gasteiger partial charge is 0.251 e. The van der Waals surface area contributed by atoms with Crippen molar-refractivity contribution in [2.45, 2.75) is 44.6 Å². The molecule has 0 unspecified atom stereocenters. The predicted octanol–water partition coefficient (Wildman–Crippen LogP) is 2.28. The highest BCUT2D eigenvalue weighted by atomic mass is 16.5. The highest BCUT2D eigenvalue weighted by molar-refractivity contribution is 6.22. The fourth-order valence-corrected chi connectivity index (χ4v) is 4.29. The van der Waals surface area contributed by atoms with Gasteiger partial charge in [-0.05, 0) is 49.9 Å². The Morgan fingerprint density at radius 3 is 2.23 bits per heavy atom. The summed E-state index contributed by atoms with van der Waals surface area (Å²) in [5.74, 6) is -0.665. The molecule has 2 saturated heterocycles. The molecule has 0 aromatic heterocycles. The van der Waals surface area contributed by atoms with Crippen LogP contribution in [0.3, 0.4) is 0 Å². The normalized spacial score (nSPS) is 28.3. The predicted molar refractivity (Wildman–Crippen MR) is 95.7 cm³/mol. The third kappa shape index (κ3) is 3.14. The van der Waals surface area contributed by atoms with Crippen LogP contribution in [0.5, 0.6) is 0 Å². The lowest BCUT2D eigenvalue weighted by atomic mass is 9.81. The fourth-order valence-electron chi connectivity index (χ4n) is 4.29. The number of benzene rings is 1. The number of hydrogen-bond donors (Lipinski definition) is 1. The van der Waals surface area contributed by atoms with E-state index in [0.29, 0.717) is 17.8 Å². The van der Waals surface area contributed by atoms with E-state index in [1.165, 1.54) is 4.90 Å². The maximum absolute atomic E-state index is 12.6. The summed E-state index contributed by atoms with van der Waals surface area (Å²) in [7, 11) is 0. The van der Waals surface area contributed by atoms with E-state index in [1.54, 1.807) is 24.3 Å². The van der Waals surface area contributed by atoms with Gasteiger partial charge in [0, 0.05) is 18.7 Å². The van der Waals surface area contributed by atoms with Gasteiger partial charge < -0.3 is 10.1 Å². The Morgan fingerprint density at radius 2 is 1.65 bits per heavy atom. The van der Waals surface area contributed by atoms with Crippen LogP contribution in [0.1, 0.15) is 48.9 Å². The number of nitrogens with one attached hydrogen (secondary N) is 1. The molecule has 26 heavy (non-hydrogen) atoms. The molecule has 0 bridgehead atoms. The van der Waals surface area contributed by atoms with E-state index in [4.69, 9.17) is 4.74 Å².